The molecule has 2 N–H and O–H groups in total. The van der Waals surface area contributed by atoms with E-state index in [4.69, 9.17) is 22.6 Å². The van der Waals surface area contributed by atoms with E-state index >= 15 is 0 Å². The van der Waals surface area contributed by atoms with Gasteiger partial charge >= 0.3 is 0 Å². The summed E-state index contributed by atoms with van der Waals surface area (Å²) in [7, 11) is 0. The quantitative estimate of drug-likeness (QED) is 0.862. The van der Waals surface area contributed by atoms with Gasteiger partial charge in [-0.2, -0.15) is 10.2 Å². The molecule has 1 aliphatic rings. The highest BCUT2D eigenvalue weighted by molar-refractivity contribution is 6.29. The predicted molar refractivity (Wildman–Crippen MR) is 94.7 cm³/mol. The summed E-state index contributed by atoms with van der Waals surface area (Å²) in [6, 6.07) is 11.7. The van der Waals surface area contributed by atoms with E-state index in [2.05, 4.69) is 25.8 Å². The molecule has 0 atom stereocenters. The van der Waals surface area contributed by atoms with Crippen LogP contribution in [-0.4, -0.2) is 41.0 Å². The summed E-state index contributed by atoms with van der Waals surface area (Å²) in [6.07, 6.45) is 1.04. The highest BCUT2D eigenvalue weighted by atomic mass is 35.5. The molecular weight excluding hydrogens is 324 g/mol. The van der Waals surface area contributed by atoms with Gasteiger partial charge in [0.2, 0.25) is 5.95 Å². The minimum atomic E-state index is 0.205. The zero-order valence-electron chi connectivity index (χ0n) is 13.3. The molecule has 1 aliphatic heterocycles. The lowest BCUT2D eigenvalue weighted by atomic mass is 10.1. The van der Waals surface area contributed by atoms with Crippen molar-refractivity contribution in [3.63, 3.8) is 0 Å². The molecule has 1 aromatic heterocycles. The first-order chi connectivity index (χ1) is 11.6. The maximum absolute atomic E-state index is 8.87. The fraction of sp³-hybridized carbons (Fsp3) is 0.353. The molecule has 0 amide bonds. The van der Waals surface area contributed by atoms with E-state index in [1.165, 1.54) is 5.56 Å². The summed E-state index contributed by atoms with van der Waals surface area (Å²) in [4.78, 5) is 12.8. The first-order valence-electron chi connectivity index (χ1n) is 7.90. The molecule has 1 saturated heterocycles. The number of hydrogen-bond acceptors (Lipinski definition) is 6. The molecule has 6 nitrogen and oxygen atoms in total. The van der Waals surface area contributed by atoms with Crippen LogP contribution < -0.4 is 10.6 Å². The number of rotatable bonds is 3. The highest BCUT2D eigenvalue weighted by Gasteiger charge is 2.17. The monoisotopic (exact) mass is 342 g/mol. The lowest BCUT2D eigenvalue weighted by molar-refractivity contribution is 0.285. The molecule has 124 valence electrons. The number of halogens is 1. The van der Waals surface area contributed by atoms with E-state index in [9.17, 15) is 0 Å². The molecule has 0 spiro atoms. The molecule has 1 fully saturated rings. The van der Waals surface area contributed by atoms with Gasteiger partial charge in [0.25, 0.3) is 0 Å². The normalized spacial score (nSPS) is 15.8. The van der Waals surface area contributed by atoms with E-state index < -0.39 is 0 Å². The first kappa shape index (κ1) is 16.5. The van der Waals surface area contributed by atoms with Crippen LogP contribution in [0.4, 0.5) is 11.8 Å². The second-order valence-corrected chi connectivity index (χ2v) is 6.22. The molecule has 3 rings (SSSR count). The first-order valence-corrected chi connectivity index (χ1v) is 8.28. The molecule has 0 saturated carbocycles. The topological polar surface area (TPSA) is 82.1 Å². The zero-order valence-corrected chi connectivity index (χ0v) is 14.1. The van der Waals surface area contributed by atoms with Crippen molar-refractivity contribution in [1.29, 1.82) is 5.26 Å². The Labute approximate surface area is 146 Å². The van der Waals surface area contributed by atoms with Gasteiger partial charge in [0.05, 0.1) is 11.6 Å². The number of nitrogen functional groups attached to an aromatic ring is 1. The van der Waals surface area contributed by atoms with Crippen LogP contribution in [0.2, 0.25) is 5.15 Å². The highest BCUT2D eigenvalue weighted by Crippen LogP contribution is 2.19. The summed E-state index contributed by atoms with van der Waals surface area (Å²) >= 11 is 5.98. The van der Waals surface area contributed by atoms with Gasteiger partial charge in [-0.25, -0.2) is 4.98 Å². The van der Waals surface area contributed by atoms with Crippen LogP contribution in [0.5, 0.6) is 0 Å². The molecule has 0 unspecified atom stereocenters. The summed E-state index contributed by atoms with van der Waals surface area (Å²) in [5, 5.41) is 9.24. The smallest absolute Gasteiger partial charge is 0.223 e. The Balaban J connectivity index is 1.63. The number of nitrogens with zero attached hydrogens (tertiary/aromatic N) is 5. The summed E-state index contributed by atoms with van der Waals surface area (Å²) < 4.78 is 0. The Morgan fingerprint density at radius 1 is 1.12 bits per heavy atom. The van der Waals surface area contributed by atoms with Crippen molar-refractivity contribution in [1.82, 2.24) is 14.9 Å². The Morgan fingerprint density at radius 3 is 2.62 bits per heavy atom. The van der Waals surface area contributed by atoms with Crippen LogP contribution in [0, 0.1) is 11.3 Å². The molecule has 7 heteroatoms. The van der Waals surface area contributed by atoms with Crippen molar-refractivity contribution in [3.05, 3.63) is 46.6 Å². The summed E-state index contributed by atoms with van der Waals surface area (Å²) in [6.45, 7) is 4.61. The second-order valence-electron chi connectivity index (χ2n) is 5.83. The number of nitriles is 1. The molecule has 2 heterocycles. The van der Waals surface area contributed by atoms with Crippen molar-refractivity contribution >= 4 is 23.4 Å². The van der Waals surface area contributed by atoms with Gasteiger partial charge in [-0.1, -0.05) is 23.7 Å². The van der Waals surface area contributed by atoms with E-state index in [0.29, 0.717) is 10.7 Å². The lowest BCUT2D eigenvalue weighted by Crippen LogP contribution is -2.31. The Bertz CT molecular complexity index is 719. The average Bonchev–Trinajstić information content (AvgIpc) is 2.80. The van der Waals surface area contributed by atoms with Gasteiger partial charge in [0, 0.05) is 38.8 Å². The minimum absolute atomic E-state index is 0.205. The summed E-state index contributed by atoms with van der Waals surface area (Å²) in [5.74, 6) is 0.990. The SMILES string of the molecule is N#Cc1ccc(CN2CCCN(c3cc(Cl)nc(N)n3)CC2)cc1. The minimum Gasteiger partial charge on any atom is -0.368 e. The molecular formula is C17H19ClN6. The van der Waals surface area contributed by atoms with E-state index in [-0.39, 0.29) is 5.95 Å². The third kappa shape index (κ3) is 4.13. The second kappa shape index (κ2) is 7.47. The molecule has 2 aromatic rings. The Hall–Kier alpha value is -2.36. The van der Waals surface area contributed by atoms with Gasteiger partial charge in [-0.3, -0.25) is 4.90 Å². The predicted octanol–water partition coefficient (Wildman–Crippen LogP) is 2.30. The van der Waals surface area contributed by atoms with Gasteiger partial charge in [-0.15, -0.1) is 0 Å². The van der Waals surface area contributed by atoms with Crippen molar-refractivity contribution in [2.45, 2.75) is 13.0 Å². The molecule has 0 radical (unpaired) electrons. The van der Waals surface area contributed by atoms with Crippen LogP contribution in [0.25, 0.3) is 0 Å². The zero-order chi connectivity index (χ0) is 16.9. The fourth-order valence-corrected chi connectivity index (χ4v) is 3.07. The molecule has 0 bridgehead atoms. The fourth-order valence-electron chi connectivity index (χ4n) is 2.89. The van der Waals surface area contributed by atoms with Gasteiger partial charge in [-0.05, 0) is 24.1 Å². The van der Waals surface area contributed by atoms with E-state index in [0.717, 1.165) is 45.0 Å². The van der Waals surface area contributed by atoms with E-state index in [1.807, 2.05) is 24.3 Å². The maximum Gasteiger partial charge on any atom is 0.223 e. The number of aromatic nitrogens is 2. The lowest BCUT2D eigenvalue weighted by Gasteiger charge is -2.23. The van der Waals surface area contributed by atoms with Crippen molar-refractivity contribution in [2.24, 2.45) is 0 Å². The number of hydrogen-bond donors (Lipinski definition) is 1. The molecule has 24 heavy (non-hydrogen) atoms. The standard InChI is InChI=1S/C17H19ClN6/c18-15-10-16(22-17(20)21-15)24-7-1-6-23(8-9-24)12-14-4-2-13(11-19)3-5-14/h2-5,10H,1,6-9,12H2,(H2,20,21,22). The number of benzene rings is 1. The number of anilines is 2. The van der Waals surface area contributed by atoms with Gasteiger partial charge < -0.3 is 10.6 Å². The van der Waals surface area contributed by atoms with Crippen LogP contribution >= 0.6 is 11.6 Å². The summed E-state index contributed by atoms with van der Waals surface area (Å²) in [5.41, 5.74) is 7.60. The van der Waals surface area contributed by atoms with Crippen molar-refractivity contribution in [3.8, 4) is 6.07 Å². The third-order valence-corrected chi connectivity index (χ3v) is 4.29. The average molecular weight is 343 g/mol. The van der Waals surface area contributed by atoms with Crippen molar-refractivity contribution < 1.29 is 0 Å². The molecule has 1 aromatic carbocycles. The maximum atomic E-state index is 8.87. The van der Waals surface area contributed by atoms with Crippen LogP contribution in [0.1, 0.15) is 17.5 Å². The van der Waals surface area contributed by atoms with E-state index in [1.54, 1.807) is 6.07 Å². The third-order valence-electron chi connectivity index (χ3n) is 4.10. The van der Waals surface area contributed by atoms with Gasteiger partial charge in [0.15, 0.2) is 0 Å². The number of nitrogens with two attached hydrogens (primary N) is 1. The Morgan fingerprint density at radius 2 is 1.92 bits per heavy atom. The van der Waals surface area contributed by atoms with Crippen LogP contribution in [0.15, 0.2) is 30.3 Å². The van der Waals surface area contributed by atoms with Gasteiger partial charge in [0.1, 0.15) is 11.0 Å². The largest absolute Gasteiger partial charge is 0.368 e. The Kier molecular flexibility index (Phi) is 5.14. The van der Waals surface area contributed by atoms with Crippen LogP contribution in [0.3, 0.4) is 0 Å². The molecule has 0 aliphatic carbocycles. The van der Waals surface area contributed by atoms with Crippen molar-refractivity contribution in [2.75, 3.05) is 36.8 Å². The van der Waals surface area contributed by atoms with Crippen LogP contribution in [-0.2, 0) is 6.54 Å².